The van der Waals surface area contributed by atoms with Crippen molar-refractivity contribution in [1.29, 1.82) is 0 Å². The first kappa shape index (κ1) is 32.3. The highest BCUT2D eigenvalue weighted by Gasteiger charge is 2.18. The molecule has 1 aromatic carbocycles. The predicted molar refractivity (Wildman–Crippen MR) is 146 cm³/mol. The van der Waals surface area contributed by atoms with Gasteiger partial charge in [-0.25, -0.2) is 4.79 Å². The topological polar surface area (TPSA) is 124 Å². The second kappa shape index (κ2) is 20.3. The van der Waals surface area contributed by atoms with Gasteiger partial charge in [0.15, 0.2) is 0 Å². The number of aromatic carboxylic acids is 1. The van der Waals surface area contributed by atoms with Crippen LogP contribution in [0, 0.1) is 0 Å². The average Bonchev–Trinajstić information content (AvgIpc) is 2.84. The molecule has 0 aliphatic carbocycles. The van der Waals surface area contributed by atoms with Crippen LogP contribution >= 0.6 is 0 Å². The number of hydrogen-bond acceptors (Lipinski definition) is 5. The normalized spacial score (nSPS) is 10.8. The van der Waals surface area contributed by atoms with Crippen LogP contribution in [0.3, 0.4) is 0 Å². The van der Waals surface area contributed by atoms with Gasteiger partial charge >= 0.3 is 17.9 Å². The molecule has 0 aliphatic rings. The van der Waals surface area contributed by atoms with Crippen LogP contribution in [-0.2, 0) is 9.59 Å². The summed E-state index contributed by atoms with van der Waals surface area (Å²) in [5, 5.41) is 27.6. The molecule has 0 aromatic heterocycles. The maximum absolute atomic E-state index is 11.5. The summed E-state index contributed by atoms with van der Waals surface area (Å²) >= 11 is 0. The maximum atomic E-state index is 11.5. The Morgan fingerprint density at radius 2 is 1.08 bits per heavy atom. The van der Waals surface area contributed by atoms with Crippen LogP contribution < -0.4 is 9.64 Å². The second-order valence-corrected chi connectivity index (χ2v) is 9.82. The summed E-state index contributed by atoms with van der Waals surface area (Å²) in [6.45, 7) is 1.55. The van der Waals surface area contributed by atoms with E-state index in [2.05, 4.69) is 6.92 Å². The van der Waals surface area contributed by atoms with E-state index in [4.69, 9.17) is 14.9 Å². The standard InChI is InChI=1S/C29H47NO7/c1-2-3-4-5-6-7-8-9-10-11-12-13-14-15-16-17-18-37-26-20-24(29(35)36)19-25(21-26)30(22-27(31)32)23-28(33)34/h19-21H,2-18,22-23H2,1H3,(H,31,32)(H,33,34)(H,35,36). The number of hydrogen-bond donors (Lipinski definition) is 3. The molecule has 8 nitrogen and oxygen atoms in total. The first-order chi connectivity index (χ1) is 17.8. The molecule has 3 N–H and O–H groups in total. The molecule has 0 bridgehead atoms. The van der Waals surface area contributed by atoms with Crippen molar-refractivity contribution in [1.82, 2.24) is 0 Å². The zero-order valence-electron chi connectivity index (χ0n) is 22.6. The molecule has 0 heterocycles. The van der Waals surface area contributed by atoms with E-state index < -0.39 is 31.0 Å². The van der Waals surface area contributed by atoms with Crippen molar-refractivity contribution < 1.29 is 34.4 Å². The molecule has 0 aliphatic heterocycles. The first-order valence-corrected chi connectivity index (χ1v) is 14.0. The van der Waals surface area contributed by atoms with E-state index in [0.29, 0.717) is 6.61 Å². The molecular formula is C29H47NO7. The van der Waals surface area contributed by atoms with Crippen molar-refractivity contribution in [2.24, 2.45) is 0 Å². The van der Waals surface area contributed by atoms with E-state index in [-0.39, 0.29) is 17.0 Å². The van der Waals surface area contributed by atoms with Gasteiger partial charge in [-0.1, -0.05) is 103 Å². The van der Waals surface area contributed by atoms with E-state index in [0.717, 1.165) is 24.2 Å². The summed E-state index contributed by atoms with van der Waals surface area (Å²) in [7, 11) is 0. The Bertz CT molecular complexity index is 780. The third-order valence-corrected chi connectivity index (χ3v) is 6.42. The number of aliphatic carboxylic acids is 2. The van der Waals surface area contributed by atoms with Crippen LogP contribution in [0.4, 0.5) is 5.69 Å². The molecule has 0 unspecified atom stereocenters. The fraction of sp³-hybridized carbons (Fsp3) is 0.690. The van der Waals surface area contributed by atoms with Crippen molar-refractivity contribution in [3.63, 3.8) is 0 Å². The number of carbonyl (C=O) groups is 3. The zero-order chi connectivity index (χ0) is 27.3. The molecule has 0 saturated carbocycles. The largest absolute Gasteiger partial charge is 0.493 e. The Labute approximate surface area is 222 Å². The molecule has 0 fully saturated rings. The molecule has 0 saturated heterocycles. The van der Waals surface area contributed by atoms with Crippen LogP contribution in [0.25, 0.3) is 0 Å². The van der Waals surface area contributed by atoms with E-state index >= 15 is 0 Å². The van der Waals surface area contributed by atoms with E-state index in [1.54, 1.807) is 0 Å². The monoisotopic (exact) mass is 521 g/mol. The molecular weight excluding hydrogens is 474 g/mol. The third kappa shape index (κ3) is 16.6. The van der Waals surface area contributed by atoms with Crippen LogP contribution in [0.15, 0.2) is 18.2 Å². The molecule has 210 valence electrons. The van der Waals surface area contributed by atoms with Crippen LogP contribution in [0.2, 0.25) is 0 Å². The maximum Gasteiger partial charge on any atom is 0.335 e. The van der Waals surface area contributed by atoms with Crippen molar-refractivity contribution in [3.8, 4) is 5.75 Å². The number of carboxylic acid groups (broad SMARTS) is 3. The highest BCUT2D eigenvalue weighted by molar-refractivity contribution is 5.90. The second-order valence-electron chi connectivity index (χ2n) is 9.82. The number of ether oxygens (including phenoxy) is 1. The van der Waals surface area contributed by atoms with Crippen molar-refractivity contribution in [2.45, 2.75) is 110 Å². The van der Waals surface area contributed by atoms with E-state index in [9.17, 15) is 19.5 Å². The first-order valence-electron chi connectivity index (χ1n) is 14.0. The van der Waals surface area contributed by atoms with Gasteiger partial charge in [-0.05, 0) is 18.6 Å². The van der Waals surface area contributed by atoms with Crippen LogP contribution in [0.1, 0.15) is 120 Å². The molecule has 0 atom stereocenters. The Kier molecular flexibility index (Phi) is 17.7. The molecule has 37 heavy (non-hydrogen) atoms. The third-order valence-electron chi connectivity index (χ3n) is 6.42. The number of benzene rings is 1. The summed E-state index contributed by atoms with van der Waals surface area (Å²) in [5.41, 5.74) is 0.104. The molecule has 8 heteroatoms. The fourth-order valence-corrected chi connectivity index (χ4v) is 4.38. The Balaban J connectivity index is 2.24. The molecule has 0 radical (unpaired) electrons. The van der Waals surface area contributed by atoms with Gasteiger partial charge in [-0.2, -0.15) is 0 Å². The van der Waals surface area contributed by atoms with Crippen molar-refractivity contribution in [2.75, 3.05) is 24.6 Å². The van der Waals surface area contributed by atoms with Crippen LogP contribution in [-0.4, -0.2) is 52.9 Å². The van der Waals surface area contributed by atoms with Crippen molar-refractivity contribution >= 4 is 23.6 Å². The molecule has 1 aromatic rings. The highest BCUT2D eigenvalue weighted by Crippen LogP contribution is 2.25. The minimum absolute atomic E-state index is 0.0831. The summed E-state index contributed by atoms with van der Waals surface area (Å²) in [6, 6.07) is 4.12. The predicted octanol–water partition coefficient (Wildman–Crippen LogP) is 7.00. The minimum atomic E-state index is -1.21. The summed E-state index contributed by atoms with van der Waals surface area (Å²) in [4.78, 5) is 34.9. The van der Waals surface area contributed by atoms with Gasteiger partial charge in [0.25, 0.3) is 0 Å². The average molecular weight is 522 g/mol. The Hall–Kier alpha value is -2.77. The zero-order valence-corrected chi connectivity index (χ0v) is 22.6. The minimum Gasteiger partial charge on any atom is -0.493 e. The van der Waals surface area contributed by atoms with Crippen LogP contribution in [0.5, 0.6) is 5.75 Å². The summed E-state index contributed by atoms with van der Waals surface area (Å²) < 4.78 is 5.73. The Morgan fingerprint density at radius 1 is 0.649 bits per heavy atom. The van der Waals surface area contributed by atoms with Gasteiger partial charge in [0.05, 0.1) is 12.2 Å². The summed E-state index contributed by atoms with van der Waals surface area (Å²) in [5.74, 6) is -3.33. The summed E-state index contributed by atoms with van der Waals surface area (Å²) in [6.07, 6.45) is 20.4. The van der Waals surface area contributed by atoms with E-state index in [1.807, 2.05) is 0 Å². The quantitative estimate of drug-likeness (QED) is 0.124. The number of anilines is 1. The number of nitrogens with zero attached hydrogens (tertiary/aromatic N) is 1. The van der Waals surface area contributed by atoms with Gasteiger partial charge in [-0.3, -0.25) is 9.59 Å². The lowest BCUT2D eigenvalue weighted by atomic mass is 10.0. The van der Waals surface area contributed by atoms with Gasteiger partial charge in [0, 0.05) is 11.8 Å². The smallest absolute Gasteiger partial charge is 0.335 e. The van der Waals surface area contributed by atoms with Gasteiger partial charge in [0.2, 0.25) is 0 Å². The lowest BCUT2D eigenvalue weighted by molar-refractivity contribution is -0.136. The van der Waals surface area contributed by atoms with Gasteiger partial charge < -0.3 is 25.0 Å². The fourth-order valence-electron chi connectivity index (χ4n) is 4.38. The SMILES string of the molecule is CCCCCCCCCCCCCCCCCCOc1cc(C(=O)O)cc(N(CC(=O)O)CC(=O)O)c1. The van der Waals surface area contributed by atoms with Gasteiger partial charge in [-0.15, -0.1) is 0 Å². The Morgan fingerprint density at radius 3 is 1.49 bits per heavy atom. The van der Waals surface area contributed by atoms with Gasteiger partial charge in [0.1, 0.15) is 18.8 Å². The molecule has 0 spiro atoms. The lowest BCUT2D eigenvalue weighted by Crippen LogP contribution is -2.34. The number of rotatable bonds is 24. The molecule has 0 amide bonds. The number of unbranched alkanes of at least 4 members (excludes halogenated alkanes) is 15. The van der Waals surface area contributed by atoms with Crippen molar-refractivity contribution in [3.05, 3.63) is 23.8 Å². The lowest BCUT2D eigenvalue weighted by Gasteiger charge is -2.22. The highest BCUT2D eigenvalue weighted by atomic mass is 16.5. The molecule has 1 rings (SSSR count). The number of carboxylic acids is 3. The van der Waals surface area contributed by atoms with E-state index in [1.165, 1.54) is 102 Å².